The van der Waals surface area contributed by atoms with Gasteiger partial charge in [-0.05, 0) is 61.2 Å². The Morgan fingerprint density at radius 2 is 1.56 bits per heavy atom. The summed E-state index contributed by atoms with van der Waals surface area (Å²) in [6.07, 6.45) is 1.59. The molecule has 0 radical (unpaired) electrons. The average molecular weight is 453 g/mol. The average Bonchev–Trinajstić information content (AvgIpc) is 2.79. The predicted molar refractivity (Wildman–Crippen MR) is 126 cm³/mol. The van der Waals surface area contributed by atoms with Crippen LogP contribution in [0.15, 0.2) is 83.8 Å². The molecule has 32 heavy (non-hydrogen) atoms. The molecule has 1 atom stereocenters. The number of aryl methyl sites for hydroxylation is 2. The molecule has 0 aromatic heterocycles. The quantitative estimate of drug-likeness (QED) is 0.486. The van der Waals surface area contributed by atoms with E-state index in [1.54, 1.807) is 25.1 Å². The molecule has 0 fully saturated rings. The standard InChI is InChI=1S/C25H28N2O4S/c1-19(18-31-2)27-32(29,30)23-16-14-22(15-17-23)26-25(28)24-11-7-6-10-21(24)13-12-20-8-4-3-5-9-20/h3-11,14-17,19,27H,12-13,18H2,1-2H3,(H,26,28). The lowest BCUT2D eigenvalue weighted by molar-refractivity contribution is 0.102. The summed E-state index contributed by atoms with van der Waals surface area (Å²) in [5.41, 5.74) is 3.31. The molecular weight excluding hydrogens is 424 g/mol. The van der Waals surface area contributed by atoms with E-state index in [4.69, 9.17) is 4.74 Å². The van der Waals surface area contributed by atoms with Crippen LogP contribution in [-0.4, -0.2) is 34.1 Å². The molecule has 0 bridgehead atoms. The van der Waals surface area contributed by atoms with E-state index in [1.807, 2.05) is 36.4 Å². The first-order chi connectivity index (χ1) is 15.4. The molecule has 1 amide bonds. The van der Waals surface area contributed by atoms with Crippen molar-refractivity contribution in [3.05, 3.63) is 95.6 Å². The highest BCUT2D eigenvalue weighted by atomic mass is 32.2. The van der Waals surface area contributed by atoms with E-state index in [9.17, 15) is 13.2 Å². The van der Waals surface area contributed by atoms with Crippen LogP contribution in [0.25, 0.3) is 0 Å². The fourth-order valence-corrected chi connectivity index (χ4v) is 4.64. The minimum atomic E-state index is -3.66. The Morgan fingerprint density at radius 1 is 0.906 bits per heavy atom. The summed E-state index contributed by atoms with van der Waals surface area (Å²) in [5.74, 6) is -0.226. The third-order valence-corrected chi connectivity index (χ3v) is 6.59. The SMILES string of the molecule is COCC(C)NS(=O)(=O)c1ccc(NC(=O)c2ccccc2CCc2ccccc2)cc1. The van der Waals surface area contributed by atoms with Crippen LogP contribution in [0.5, 0.6) is 0 Å². The number of rotatable bonds is 10. The topological polar surface area (TPSA) is 84.5 Å². The Morgan fingerprint density at radius 3 is 2.25 bits per heavy atom. The van der Waals surface area contributed by atoms with Crippen molar-refractivity contribution >= 4 is 21.6 Å². The van der Waals surface area contributed by atoms with Crippen molar-refractivity contribution in [2.45, 2.75) is 30.7 Å². The maximum Gasteiger partial charge on any atom is 0.255 e. The molecule has 168 valence electrons. The summed E-state index contributed by atoms with van der Waals surface area (Å²) in [6, 6.07) is 23.4. The van der Waals surface area contributed by atoms with Crippen LogP contribution >= 0.6 is 0 Å². The lowest BCUT2D eigenvalue weighted by Crippen LogP contribution is -2.35. The van der Waals surface area contributed by atoms with Crippen molar-refractivity contribution in [1.29, 1.82) is 0 Å². The van der Waals surface area contributed by atoms with Gasteiger partial charge in [0.25, 0.3) is 5.91 Å². The van der Waals surface area contributed by atoms with Crippen LogP contribution < -0.4 is 10.0 Å². The van der Waals surface area contributed by atoms with Gasteiger partial charge >= 0.3 is 0 Å². The molecule has 3 rings (SSSR count). The minimum Gasteiger partial charge on any atom is -0.383 e. The van der Waals surface area contributed by atoms with E-state index < -0.39 is 10.0 Å². The highest BCUT2D eigenvalue weighted by Gasteiger charge is 2.18. The molecule has 7 heteroatoms. The van der Waals surface area contributed by atoms with Crippen molar-refractivity contribution in [1.82, 2.24) is 4.72 Å². The molecule has 0 spiro atoms. The zero-order valence-electron chi connectivity index (χ0n) is 18.2. The number of benzene rings is 3. The Balaban J connectivity index is 1.67. The van der Waals surface area contributed by atoms with E-state index in [1.165, 1.54) is 24.8 Å². The monoisotopic (exact) mass is 452 g/mol. The van der Waals surface area contributed by atoms with Crippen LogP contribution in [0.1, 0.15) is 28.4 Å². The molecule has 3 aromatic carbocycles. The maximum atomic E-state index is 12.9. The molecule has 0 saturated carbocycles. The number of hydrogen-bond donors (Lipinski definition) is 2. The Kier molecular flexibility index (Phi) is 8.16. The number of hydrogen-bond acceptors (Lipinski definition) is 4. The molecule has 6 nitrogen and oxygen atoms in total. The van der Waals surface area contributed by atoms with E-state index in [2.05, 4.69) is 22.2 Å². The zero-order valence-corrected chi connectivity index (χ0v) is 19.1. The van der Waals surface area contributed by atoms with Gasteiger partial charge in [-0.15, -0.1) is 0 Å². The molecule has 1 unspecified atom stereocenters. The fourth-order valence-electron chi connectivity index (χ4n) is 3.42. The van der Waals surface area contributed by atoms with Crippen LogP contribution in [0, 0.1) is 0 Å². The molecule has 0 aliphatic heterocycles. The van der Waals surface area contributed by atoms with Gasteiger partial charge in [0.2, 0.25) is 10.0 Å². The Bertz CT molecular complexity index is 1130. The highest BCUT2D eigenvalue weighted by molar-refractivity contribution is 7.89. The number of methoxy groups -OCH3 is 1. The first-order valence-corrected chi connectivity index (χ1v) is 11.9. The van der Waals surface area contributed by atoms with Crippen LogP contribution in [0.2, 0.25) is 0 Å². The van der Waals surface area contributed by atoms with Crippen LogP contribution in [0.4, 0.5) is 5.69 Å². The summed E-state index contributed by atoms with van der Waals surface area (Å²) >= 11 is 0. The predicted octanol–water partition coefficient (Wildman–Crippen LogP) is 4.04. The van der Waals surface area contributed by atoms with Gasteiger partial charge in [0.15, 0.2) is 0 Å². The summed E-state index contributed by atoms with van der Waals surface area (Å²) < 4.78 is 32.4. The van der Waals surface area contributed by atoms with E-state index in [0.29, 0.717) is 11.3 Å². The second-order valence-electron chi connectivity index (χ2n) is 7.60. The summed E-state index contributed by atoms with van der Waals surface area (Å²) in [7, 11) is -2.15. The largest absolute Gasteiger partial charge is 0.383 e. The number of carbonyl (C=O) groups is 1. The first-order valence-electron chi connectivity index (χ1n) is 10.4. The number of sulfonamides is 1. The van der Waals surface area contributed by atoms with Crippen molar-refractivity contribution in [3.63, 3.8) is 0 Å². The van der Waals surface area contributed by atoms with E-state index >= 15 is 0 Å². The summed E-state index contributed by atoms with van der Waals surface area (Å²) in [6.45, 7) is 2.00. The zero-order chi connectivity index (χ0) is 23.0. The molecule has 0 saturated heterocycles. The van der Waals surface area contributed by atoms with Crippen LogP contribution in [0.3, 0.4) is 0 Å². The minimum absolute atomic E-state index is 0.127. The third-order valence-electron chi connectivity index (χ3n) is 4.98. The van der Waals surface area contributed by atoms with Gasteiger partial charge < -0.3 is 10.1 Å². The van der Waals surface area contributed by atoms with Gasteiger partial charge in [0.05, 0.1) is 11.5 Å². The normalized spacial score (nSPS) is 12.3. The van der Waals surface area contributed by atoms with Gasteiger partial charge in [-0.1, -0.05) is 48.5 Å². The van der Waals surface area contributed by atoms with Gasteiger partial charge in [-0.25, -0.2) is 13.1 Å². The molecule has 0 aliphatic carbocycles. The van der Waals surface area contributed by atoms with Crippen molar-refractivity contribution < 1.29 is 17.9 Å². The molecule has 0 aliphatic rings. The van der Waals surface area contributed by atoms with Crippen LogP contribution in [-0.2, 0) is 27.6 Å². The third kappa shape index (κ3) is 6.50. The lowest BCUT2D eigenvalue weighted by Gasteiger charge is -2.14. The summed E-state index contributed by atoms with van der Waals surface area (Å²) in [4.78, 5) is 13.0. The number of nitrogens with one attached hydrogen (secondary N) is 2. The second kappa shape index (κ2) is 11.0. The first kappa shape index (κ1) is 23.7. The van der Waals surface area contributed by atoms with Gasteiger partial charge in [-0.3, -0.25) is 4.79 Å². The number of ether oxygens (including phenoxy) is 1. The van der Waals surface area contributed by atoms with Crippen molar-refractivity contribution in [3.8, 4) is 0 Å². The van der Waals surface area contributed by atoms with E-state index in [0.717, 1.165) is 18.4 Å². The summed E-state index contributed by atoms with van der Waals surface area (Å²) in [5, 5.41) is 2.86. The van der Waals surface area contributed by atoms with Gasteiger partial charge in [-0.2, -0.15) is 0 Å². The molecule has 3 aromatic rings. The smallest absolute Gasteiger partial charge is 0.255 e. The highest BCUT2D eigenvalue weighted by Crippen LogP contribution is 2.18. The Labute approximate surface area is 189 Å². The van der Waals surface area contributed by atoms with Crippen molar-refractivity contribution in [2.24, 2.45) is 0 Å². The molecule has 2 N–H and O–H groups in total. The maximum absolute atomic E-state index is 12.9. The molecule has 0 heterocycles. The second-order valence-corrected chi connectivity index (χ2v) is 9.31. The fraction of sp³-hybridized carbons (Fsp3) is 0.240. The van der Waals surface area contributed by atoms with E-state index in [-0.39, 0.29) is 23.5 Å². The number of carbonyl (C=O) groups excluding carboxylic acids is 1. The Hall–Kier alpha value is -3.00. The number of amides is 1. The lowest BCUT2D eigenvalue weighted by atomic mass is 9.99. The van der Waals surface area contributed by atoms with Crippen molar-refractivity contribution in [2.75, 3.05) is 19.0 Å². The number of anilines is 1. The molecular formula is C25H28N2O4S. The van der Waals surface area contributed by atoms with Gasteiger partial charge in [0, 0.05) is 24.4 Å². The van der Waals surface area contributed by atoms with Gasteiger partial charge in [0.1, 0.15) is 0 Å².